The lowest BCUT2D eigenvalue weighted by molar-refractivity contribution is 0.00146. The number of carbonyl (C=O) groups is 1. The monoisotopic (exact) mass is 432 g/mol. The molecule has 4 heterocycles. The van der Waals surface area contributed by atoms with E-state index in [9.17, 15) is 9.18 Å². The number of benzene rings is 1. The first kappa shape index (κ1) is 19.5. The highest BCUT2D eigenvalue weighted by molar-refractivity contribution is 5.95. The van der Waals surface area contributed by atoms with Gasteiger partial charge in [0.25, 0.3) is 5.91 Å². The Hall–Kier alpha value is -3.13. The zero-order chi connectivity index (χ0) is 21.7. The average molecular weight is 433 g/mol. The highest BCUT2D eigenvalue weighted by Gasteiger charge is 2.57. The molecule has 164 valence electrons. The predicted molar refractivity (Wildman–Crippen MR) is 115 cm³/mol. The molecule has 1 N–H and O–H groups in total. The maximum absolute atomic E-state index is 14.1. The Morgan fingerprint density at radius 3 is 2.72 bits per heavy atom. The molecular weight excluding hydrogens is 407 g/mol. The van der Waals surface area contributed by atoms with Crippen LogP contribution >= 0.6 is 0 Å². The van der Waals surface area contributed by atoms with Gasteiger partial charge in [-0.15, -0.1) is 0 Å². The van der Waals surface area contributed by atoms with E-state index in [2.05, 4.69) is 44.3 Å². The number of nitrogens with one attached hydrogen (secondary N) is 1. The van der Waals surface area contributed by atoms with Gasteiger partial charge < -0.3 is 4.90 Å². The lowest BCUT2D eigenvalue weighted by atomic mass is 9.71. The van der Waals surface area contributed by atoms with Crippen molar-refractivity contribution in [3.8, 4) is 0 Å². The molecule has 1 unspecified atom stereocenters. The van der Waals surface area contributed by atoms with Gasteiger partial charge in [-0.2, -0.15) is 5.10 Å². The number of hydrogen-bond donors (Lipinski definition) is 1. The maximum Gasteiger partial charge on any atom is 0.256 e. The largest absolute Gasteiger partial charge is 0.337 e. The molecule has 3 aromatic rings. The number of aromatic amines is 1. The van der Waals surface area contributed by atoms with Crippen molar-refractivity contribution in [3.05, 3.63) is 77.4 Å². The fourth-order valence-corrected chi connectivity index (χ4v) is 5.28. The van der Waals surface area contributed by atoms with Crippen molar-refractivity contribution in [2.45, 2.75) is 31.2 Å². The van der Waals surface area contributed by atoms with Gasteiger partial charge in [-0.3, -0.25) is 19.8 Å². The second kappa shape index (κ2) is 7.48. The molecule has 3 aliphatic rings. The highest BCUT2D eigenvalue weighted by Crippen LogP contribution is 2.49. The zero-order valence-corrected chi connectivity index (χ0v) is 17.7. The van der Waals surface area contributed by atoms with E-state index in [0.717, 1.165) is 50.3 Å². The summed E-state index contributed by atoms with van der Waals surface area (Å²) in [5, 5.41) is 7.68. The van der Waals surface area contributed by atoms with E-state index in [1.807, 2.05) is 6.07 Å². The summed E-state index contributed by atoms with van der Waals surface area (Å²) in [5.74, 6) is 1.65. The lowest BCUT2D eigenvalue weighted by Crippen LogP contribution is -2.61. The van der Waals surface area contributed by atoms with Gasteiger partial charge in [0, 0.05) is 56.2 Å². The molecule has 0 bridgehead atoms. The van der Waals surface area contributed by atoms with Crippen molar-refractivity contribution in [3.63, 3.8) is 0 Å². The first-order chi connectivity index (χ1) is 15.6. The second-order valence-electron chi connectivity index (χ2n) is 9.44. The summed E-state index contributed by atoms with van der Waals surface area (Å²) < 4.78 is 14.1. The van der Waals surface area contributed by atoms with E-state index in [1.54, 1.807) is 4.90 Å². The van der Waals surface area contributed by atoms with Crippen LogP contribution in [0.3, 0.4) is 0 Å². The Morgan fingerprint density at radius 2 is 1.97 bits per heavy atom. The molecular formula is C24H25FN6O. The molecule has 1 spiro atoms. The van der Waals surface area contributed by atoms with Crippen molar-refractivity contribution < 1.29 is 9.18 Å². The molecule has 6 rings (SSSR count). The van der Waals surface area contributed by atoms with Crippen LogP contribution in [-0.4, -0.2) is 62.1 Å². The molecule has 1 aliphatic carbocycles. The van der Waals surface area contributed by atoms with Crippen LogP contribution in [0.1, 0.15) is 52.2 Å². The molecule has 2 saturated heterocycles. The van der Waals surface area contributed by atoms with E-state index in [-0.39, 0.29) is 22.8 Å². The smallest absolute Gasteiger partial charge is 0.256 e. The van der Waals surface area contributed by atoms with Gasteiger partial charge in [0.2, 0.25) is 0 Å². The SMILES string of the molecule is O=C(c1ccncc1F)N1CC2(CN(Cc3ccccc3)CC2c2nc(C3CC3)n[nH]2)C1. The normalized spacial score (nSPS) is 22.3. The summed E-state index contributed by atoms with van der Waals surface area (Å²) >= 11 is 0. The minimum absolute atomic E-state index is 0.0845. The first-order valence-corrected chi connectivity index (χ1v) is 11.2. The van der Waals surface area contributed by atoms with Gasteiger partial charge in [0.1, 0.15) is 5.82 Å². The predicted octanol–water partition coefficient (Wildman–Crippen LogP) is 2.96. The van der Waals surface area contributed by atoms with Crippen LogP contribution < -0.4 is 0 Å². The summed E-state index contributed by atoms with van der Waals surface area (Å²) in [5.41, 5.74) is 1.25. The first-order valence-electron chi connectivity index (χ1n) is 11.2. The van der Waals surface area contributed by atoms with Crippen molar-refractivity contribution >= 4 is 5.91 Å². The summed E-state index contributed by atoms with van der Waals surface area (Å²) in [6, 6.07) is 11.9. The lowest BCUT2D eigenvalue weighted by Gasteiger charge is -2.50. The number of nitrogens with zero attached hydrogens (tertiary/aromatic N) is 5. The number of aromatic nitrogens is 4. The highest BCUT2D eigenvalue weighted by atomic mass is 19.1. The molecule has 7 nitrogen and oxygen atoms in total. The van der Waals surface area contributed by atoms with Crippen molar-refractivity contribution in [1.29, 1.82) is 0 Å². The van der Waals surface area contributed by atoms with Crippen LogP contribution in [0.15, 0.2) is 48.8 Å². The van der Waals surface area contributed by atoms with Crippen LogP contribution in [0.5, 0.6) is 0 Å². The molecule has 0 radical (unpaired) electrons. The Morgan fingerprint density at radius 1 is 1.16 bits per heavy atom. The average Bonchev–Trinajstić information content (AvgIpc) is 3.39. The molecule has 32 heavy (non-hydrogen) atoms. The molecule has 2 aliphatic heterocycles. The quantitative estimate of drug-likeness (QED) is 0.671. The zero-order valence-electron chi connectivity index (χ0n) is 17.7. The van der Waals surface area contributed by atoms with Crippen molar-refractivity contribution in [2.75, 3.05) is 26.2 Å². The number of amides is 1. The van der Waals surface area contributed by atoms with Crippen LogP contribution in [0.4, 0.5) is 4.39 Å². The molecule has 3 fully saturated rings. The summed E-state index contributed by atoms with van der Waals surface area (Å²) in [6.07, 6.45) is 4.87. The fraction of sp³-hybridized carbons (Fsp3) is 0.417. The van der Waals surface area contributed by atoms with E-state index in [1.165, 1.54) is 17.8 Å². The number of halogens is 1. The Labute approximate surface area is 185 Å². The number of carbonyl (C=O) groups excluding carboxylic acids is 1. The summed E-state index contributed by atoms with van der Waals surface area (Å²) in [6.45, 7) is 3.76. The minimum atomic E-state index is -0.573. The molecule has 2 aromatic heterocycles. The number of rotatable bonds is 5. The molecule has 1 aromatic carbocycles. The maximum atomic E-state index is 14.1. The van der Waals surface area contributed by atoms with E-state index in [0.29, 0.717) is 19.0 Å². The summed E-state index contributed by atoms with van der Waals surface area (Å²) in [7, 11) is 0. The molecule has 8 heteroatoms. The standard InChI is InChI=1S/C24H25FN6O/c25-20-10-26-9-8-18(20)23(32)31-14-24(15-31)13-30(11-16-4-2-1-3-5-16)12-19(24)22-27-21(28-29-22)17-6-7-17/h1-5,8-10,17,19H,6-7,11-15H2,(H,27,28,29). The molecule has 1 atom stereocenters. The van der Waals surface area contributed by atoms with Gasteiger partial charge in [-0.25, -0.2) is 9.37 Å². The minimum Gasteiger partial charge on any atom is -0.337 e. The van der Waals surface area contributed by atoms with Crippen LogP contribution in [-0.2, 0) is 6.54 Å². The Balaban J connectivity index is 1.24. The van der Waals surface area contributed by atoms with Gasteiger partial charge in [0.15, 0.2) is 11.6 Å². The fourth-order valence-electron chi connectivity index (χ4n) is 5.28. The Kier molecular flexibility index (Phi) is 4.57. The number of H-pyrrole nitrogens is 1. The summed E-state index contributed by atoms with van der Waals surface area (Å²) in [4.78, 5) is 25.7. The van der Waals surface area contributed by atoms with Crippen LogP contribution in [0, 0.1) is 11.2 Å². The molecule has 1 saturated carbocycles. The van der Waals surface area contributed by atoms with E-state index >= 15 is 0 Å². The van der Waals surface area contributed by atoms with Crippen LogP contribution in [0.2, 0.25) is 0 Å². The van der Waals surface area contributed by atoms with Gasteiger partial charge in [-0.1, -0.05) is 30.3 Å². The van der Waals surface area contributed by atoms with E-state index in [4.69, 9.17) is 4.98 Å². The third-order valence-electron chi connectivity index (χ3n) is 7.06. The van der Waals surface area contributed by atoms with Gasteiger partial charge >= 0.3 is 0 Å². The third-order valence-corrected chi connectivity index (χ3v) is 7.06. The van der Waals surface area contributed by atoms with E-state index < -0.39 is 5.82 Å². The molecule has 1 amide bonds. The Bertz CT molecular complexity index is 1140. The number of pyridine rings is 1. The topological polar surface area (TPSA) is 78.0 Å². The van der Waals surface area contributed by atoms with Crippen molar-refractivity contribution in [1.82, 2.24) is 30.0 Å². The third kappa shape index (κ3) is 3.39. The number of likely N-dealkylation sites (tertiary alicyclic amines) is 2. The van der Waals surface area contributed by atoms with Crippen LogP contribution in [0.25, 0.3) is 0 Å². The van der Waals surface area contributed by atoms with Gasteiger partial charge in [-0.05, 0) is 24.5 Å². The second-order valence-corrected chi connectivity index (χ2v) is 9.44. The number of hydrogen-bond acceptors (Lipinski definition) is 5. The van der Waals surface area contributed by atoms with Crippen molar-refractivity contribution in [2.24, 2.45) is 5.41 Å². The van der Waals surface area contributed by atoms with Gasteiger partial charge in [0.05, 0.1) is 11.8 Å².